The Kier molecular flexibility index (Phi) is 4.85. The average Bonchev–Trinajstić information content (AvgIpc) is 2.91. The van der Waals surface area contributed by atoms with Crippen molar-refractivity contribution < 1.29 is 9.47 Å². The molecule has 3 aliphatic rings. The Morgan fingerprint density at radius 2 is 1.71 bits per heavy atom. The number of nitrogens with one attached hydrogen (secondary N) is 1. The molecule has 6 nitrogen and oxygen atoms in total. The van der Waals surface area contributed by atoms with Crippen molar-refractivity contribution in [3.05, 3.63) is 12.4 Å². The van der Waals surface area contributed by atoms with E-state index < -0.39 is 0 Å². The van der Waals surface area contributed by atoms with Crippen LogP contribution < -0.4 is 10.2 Å². The van der Waals surface area contributed by atoms with E-state index in [0.29, 0.717) is 6.04 Å². The van der Waals surface area contributed by atoms with Crippen LogP contribution in [0.5, 0.6) is 0 Å². The van der Waals surface area contributed by atoms with Gasteiger partial charge in [-0.2, -0.15) is 0 Å². The van der Waals surface area contributed by atoms with Crippen molar-refractivity contribution in [3.8, 4) is 0 Å². The van der Waals surface area contributed by atoms with Crippen molar-refractivity contribution >= 4 is 11.6 Å². The predicted octanol–water partition coefficient (Wildman–Crippen LogP) is 2.95. The largest absolute Gasteiger partial charge is 0.367 e. The second-order valence-electron chi connectivity index (χ2n) is 7.19. The predicted molar refractivity (Wildman–Crippen MR) is 93.2 cm³/mol. The molecule has 1 aromatic heterocycles. The van der Waals surface area contributed by atoms with Crippen LogP contribution in [0.1, 0.15) is 51.4 Å². The minimum atomic E-state index is -0.328. The van der Waals surface area contributed by atoms with Gasteiger partial charge < -0.3 is 19.7 Å². The highest BCUT2D eigenvalue weighted by Gasteiger charge is 2.40. The number of ether oxygens (including phenoxy) is 2. The van der Waals surface area contributed by atoms with E-state index in [9.17, 15) is 0 Å². The van der Waals surface area contributed by atoms with E-state index in [2.05, 4.69) is 26.3 Å². The van der Waals surface area contributed by atoms with Crippen LogP contribution in [-0.2, 0) is 9.47 Å². The van der Waals surface area contributed by atoms with Gasteiger partial charge in [-0.25, -0.2) is 9.97 Å². The lowest BCUT2D eigenvalue weighted by atomic mass is 10.0. The number of aromatic nitrogens is 2. The lowest BCUT2D eigenvalue weighted by Gasteiger charge is -2.38. The van der Waals surface area contributed by atoms with Gasteiger partial charge in [0.05, 0.1) is 13.2 Å². The Labute approximate surface area is 143 Å². The molecule has 1 aromatic rings. The fourth-order valence-electron chi connectivity index (χ4n) is 4.09. The number of piperidine rings is 1. The molecule has 0 unspecified atom stereocenters. The van der Waals surface area contributed by atoms with Gasteiger partial charge in [0.15, 0.2) is 5.79 Å². The van der Waals surface area contributed by atoms with Gasteiger partial charge in [0, 0.05) is 38.0 Å². The van der Waals surface area contributed by atoms with Crippen molar-refractivity contribution in [2.24, 2.45) is 0 Å². The monoisotopic (exact) mass is 332 g/mol. The minimum absolute atomic E-state index is 0.328. The first-order valence-electron chi connectivity index (χ1n) is 9.44. The zero-order valence-corrected chi connectivity index (χ0v) is 14.4. The lowest BCUT2D eigenvalue weighted by Crippen LogP contribution is -2.45. The Morgan fingerprint density at radius 3 is 2.42 bits per heavy atom. The summed E-state index contributed by atoms with van der Waals surface area (Å²) < 4.78 is 11.6. The second kappa shape index (κ2) is 7.23. The summed E-state index contributed by atoms with van der Waals surface area (Å²) >= 11 is 0. The standard InChI is InChI=1S/C18H28N4O2/c1-2-4-6-15(5-3-1)21-16-13-17(20-14-19-16)22-9-7-18(8-10-22)23-11-12-24-18/h13-15H,1-12H2,(H,19,20,21). The lowest BCUT2D eigenvalue weighted by molar-refractivity contribution is -0.169. The molecule has 24 heavy (non-hydrogen) atoms. The molecule has 2 saturated heterocycles. The van der Waals surface area contributed by atoms with Gasteiger partial charge in [-0.05, 0) is 12.8 Å². The molecule has 0 amide bonds. The smallest absolute Gasteiger partial charge is 0.171 e. The van der Waals surface area contributed by atoms with Gasteiger partial charge in [0.1, 0.15) is 18.0 Å². The summed E-state index contributed by atoms with van der Waals surface area (Å²) in [6.07, 6.45) is 11.4. The topological polar surface area (TPSA) is 59.5 Å². The first-order chi connectivity index (χ1) is 11.8. The van der Waals surface area contributed by atoms with Gasteiger partial charge >= 0.3 is 0 Å². The molecular formula is C18H28N4O2. The minimum Gasteiger partial charge on any atom is -0.367 e. The van der Waals surface area contributed by atoms with Crippen molar-refractivity contribution in [1.29, 1.82) is 0 Å². The summed E-state index contributed by atoms with van der Waals surface area (Å²) in [4.78, 5) is 11.2. The van der Waals surface area contributed by atoms with Crippen LogP contribution in [0.2, 0.25) is 0 Å². The Hall–Kier alpha value is -1.40. The number of hydrogen-bond acceptors (Lipinski definition) is 6. The first-order valence-corrected chi connectivity index (χ1v) is 9.44. The third kappa shape index (κ3) is 3.64. The van der Waals surface area contributed by atoms with E-state index in [4.69, 9.17) is 9.47 Å². The highest BCUT2D eigenvalue weighted by Crippen LogP contribution is 2.33. The summed E-state index contributed by atoms with van der Waals surface area (Å²) in [5.74, 6) is 1.64. The third-order valence-corrected chi connectivity index (χ3v) is 5.52. The van der Waals surface area contributed by atoms with Gasteiger partial charge in [-0.1, -0.05) is 25.7 Å². The van der Waals surface area contributed by atoms with Crippen LogP contribution in [0.25, 0.3) is 0 Å². The molecule has 3 heterocycles. The van der Waals surface area contributed by atoms with E-state index >= 15 is 0 Å². The number of anilines is 2. The van der Waals surface area contributed by atoms with E-state index in [1.807, 2.05) is 0 Å². The number of nitrogens with zero attached hydrogens (tertiary/aromatic N) is 3. The highest BCUT2D eigenvalue weighted by atomic mass is 16.7. The molecule has 2 aliphatic heterocycles. The fourth-order valence-corrected chi connectivity index (χ4v) is 4.09. The van der Waals surface area contributed by atoms with Crippen LogP contribution in [-0.4, -0.2) is 48.1 Å². The molecule has 4 rings (SSSR count). The fraction of sp³-hybridized carbons (Fsp3) is 0.778. The maximum Gasteiger partial charge on any atom is 0.171 e. The Morgan fingerprint density at radius 1 is 1.00 bits per heavy atom. The Balaban J connectivity index is 1.37. The van der Waals surface area contributed by atoms with E-state index in [0.717, 1.165) is 50.8 Å². The molecule has 0 atom stereocenters. The van der Waals surface area contributed by atoms with E-state index in [1.54, 1.807) is 6.33 Å². The van der Waals surface area contributed by atoms with Crippen LogP contribution >= 0.6 is 0 Å². The van der Waals surface area contributed by atoms with Crippen LogP contribution in [0.3, 0.4) is 0 Å². The highest BCUT2D eigenvalue weighted by molar-refractivity contribution is 5.49. The van der Waals surface area contributed by atoms with Gasteiger partial charge in [0.25, 0.3) is 0 Å². The van der Waals surface area contributed by atoms with Crippen molar-refractivity contribution in [2.75, 3.05) is 36.5 Å². The summed E-state index contributed by atoms with van der Waals surface area (Å²) in [6.45, 7) is 3.28. The van der Waals surface area contributed by atoms with Crippen LogP contribution in [0.15, 0.2) is 12.4 Å². The molecule has 1 spiro atoms. The zero-order valence-electron chi connectivity index (χ0n) is 14.4. The Bertz CT molecular complexity index is 530. The van der Waals surface area contributed by atoms with E-state index in [1.165, 1.54) is 38.5 Å². The molecule has 0 aromatic carbocycles. The normalized spacial score (nSPS) is 24.9. The summed E-state index contributed by atoms with van der Waals surface area (Å²) in [6, 6.07) is 2.65. The molecule has 0 bridgehead atoms. The van der Waals surface area contributed by atoms with Gasteiger partial charge in [-0.15, -0.1) is 0 Å². The summed E-state index contributed by atoms with van der Waals surface area (Å²) in [5, 5.41) is 3.62. The SMILES string of the molecule is c1nc(NC2CCCCCC2)cc(N2CCC3(CC2)OCCO3)n1. The van der Waals surface area contributed by atoms with Crippen molar-refractivity contribution in [2.45, 2.75) is 63.2 Å². The molecule has 3 fully saturated rings. The molecule has 0 radical (unpaired) electrons. The van der Waals surface area contributed by atoms with Crippen molar-refractivity contribution in [1.82, 2.24) is 9.97 Å². The molecule has 132 valence electrons. The maximum atomic E-state index is 5.81. The molecular weight excluding hydrogens is 304 g/mol. The van der Waals surface area contributed by atoms with E-state index in [-0.39, 0.29) is 5.79 Å². The van der Waals surface area contributed by atoms with Crippen LogP contribution in [0.4, 0.5) is 11.6 Å². The average molecular weight is 332 g/mol. The zero-order chi connectivity index (χ0) is 16.2. The number of hydrogen-bond donors (Lipinski definition) is 1. The second-order valence-corrected chi connectivity index (χ2v) is 7.19. The molecule has 1 saturated carbocycles. The van der Waals surface area contributed by atoms with Gasteiger partial charge in [-0.3, -0.25) is 0 Å². The third-order valence-electron chi connectivity index (χ3n) is 5.52. The van der Waals surface area contributed by atoms with Gasteiger partial charge in [0.2, 0.25) is 0 Å². The van der Waals surface area contributed by atoms with Crippen LogP contribution in [0, 0.1) is 0 Å². The maximum absolute atomic E-state index is 5.81. The summed E-state index contributed by atoms with van der Waals surface area (Å²) in [7, 11) is 0. The molecule has 1 aliphatic carbocycles. The quantitative estimate of drug-likeness (QED) is 0.859. The van der Waals surface area contributed by atoms with Crippen molar-refractivity contribution in [3.63, 3.8) is 0 Å². The molecule has 6 heteroatoms. The summed E-state index contributed by atoms with van der Waals surface area (Å²) in [5.41, 5.74) is 0. The first kappa shape index (κ1) is 16.1. The molecule has 1 N–H and O–H groups in total. The number of rotatable bonds is 3.